The van der Waals surface area contributed by atoms with Crippen LogP contribution in [0.1, 0.15) is 22.7 Å². The molecule has 0 aliphatic heterocycles. The molecule has 20 heavy (non-hydrogen) atoms. The number of thioether (sulfide) groups is 1. The highest BCUT2D eigenvalue weighted by Crippen LogP contribution is 2.31. The zero-order chi connectivity index (χ0) is 14.5. The lowest BCUT2D eigenvalue weighted by atomic mass is 9.96. The maximum atomic E-state index is 5.51. The second-order valence-corrected chi connectivity index (χ2v) is 5.62. The van der Waals surface area contributed by atoms with Crippen LogP contribution in [0.5, 0.6) is 5.75 Å². The molecule has 2 aromatic carbocycles. The van der Waals surface area contributed by atoms with Crippen LogP contribution in [0.15, 0.2) is 47.4 Å². The van der Waals surface area contributed by atoms with Gasteiger partial charge in [0.25, 0.3) is 0 Å². The summed E-state index contributed by atoms with van der Waals surface area (Å²) in [6.07, 6.45) is 2.09. The van der Waals surface area contributed by atoms with E-state index in [0.29, 0.717) is 0 Å². The van der Waals surface area contributed by atoms with Gasteiger partial charge in [-0.1, -0.05) is 29.8 Å². The van der Waals surface area contributed by atoms with E-state index in [4.69, 9.17) is 4.74 Å². The molecule has 0 aliphatic rings. The van der Waals surface area contributed by atoms with Crippen molar-refractivity contribution in [2.75, 3.05) is 20.4 Å². The molecule has 1 unspecified atom stereocenters. The normalized spacial score (nSPS) is 12.2. The monoisotopic (exact) mass is 287 g/mol. The van der Waals surface area contributed by atoms with Crippen molar-refractivity contribution in [2.24, 2.45) is 0 Å². The topological polar surface area (TPSA) is 21.3 Å². The van der Waals surface area contributed by atoms with E-state index in [0.717, 1.165) is 5.75 Å². The third-order valence-electron chi connectivity index (χ3n) is 3.43. The highest BCUT2D eigenvalue weighted by Gasteiger charge is 2.16. The van der Waals surface area contributed by atoms with Crippen molar-refractivity contribution >= 4 is 11.8 Å². The molecular weight excluding hydrogens is 266 g/mol. The number of aryl methyl sites for hydroxylation is 1. The summed E-state index contributed by atoms with van der Waals surface area (Å²) in [6, 6.07) is 15.1. The average molecular weight is 287 g/mol. The quantitative estimate of drug-likeness (QED) is 0.839. The predicted octanol–water partition coefficient (Wildman–Crippen LogP) is 4.03. The van der Waals surface area contributed by atoms with Crippen molar-refractivity contribution in [1.29, 1.82) is 0 Å². The molecule has 0 saturated carbocycles. The van der Waals surface area contributed by atoms with Gasteiger partial charge in [0, 0.05) is 10.5 Å². The number of benzene rings is 2. The Morgan fingerprint density at radius 1 is 1.10 bits per heavy atom. The number of hydrogen-bond donors (Lipinski definition) is 1. The highest BCUT2D eigenvalue weighted by atomic mass is 32.2. The summed E-state index contributed by atoms with van der Waals surface area (Å²) in [5.74, 6) is 0.920. The summed E-state index contributed by atoms with van der Waals surface area (Å²) in [5.41, 5.74) is 3.66. The molecule has 0 aromatic heterocycles. The molecular formula is C17H21NOS. The van der Waals surface area contributed by atoms with E-state index in [9.17, 15) is 0 Å². The number of nitrogens with one attached hydrogen (secondary N) is 1. The third-order valence-corrected chi connectivity index (χ3v) is 4.18. The van der Waals surface area contributed by atoms with Crippen LogP contribution in [0.2, 0.25) is 0 Å². The van der Waals surface area contributed by atoms with Gasteiger partial charge in [-0.3, -0.25) is 0 Å². The lowest BCUT2D eigenvalue weighted by Gasteiger charge is -2.20. The van der Waals surface area contributed by atoms with Crippen molar-refractivity contribution in [3.63, 3.8) is 0 Å². The van der Waals surface area contributed by atoms with Gasteiger partial charge >= 0.3 is 0 Å². The molecule has 2 nitrogen and oxygen atoms in total. The number of hydrogen-bond acceptors (Lipinski definition) is 3. The highest BCUT2D eigenvalue weighted by molar-refractivity contribution is 7.98. The predicted molar refractivity (Wildman–Crippen MR) is 86.9 cm³/mol. The van der Waals surface area contributed by atoms with Crippen LogP contribution in [0, 0.1) is 6.92 Å². The minimum absolute atomic E-state index is 0.140. The van der Waals surface area contributed by atoms with Gasteiger partial charge in [0.2, 0.25) is 0 Å². The fourth-order valence-corrected chi connectivity index (χ4v) is 2.79. The molecule has 0 radical (unpaired) electrons. The van der Waals surface area contributed by atoms with Gasteiger partial charge in [0.05, 0.1) is 13.2 Å². The van der Waals surface area contributed by atoms with Crippen molar-refractivity contribution in [3.05, 3.63) is 59.2 Å². The largest absolute Gasteiger partial charge is 0.496 e. The standard InChI is InChI=1S/C17H21NOS/c1-12-5-10-16(19-3)15(11-12)17(18-2)13-6-8-14(20-4)9-7-13/h5-11,17-18H,1-4H3. The van der Waals surface area contributed by atoms with Crippen molar-refractivity contribution in [1.82, 2.24) is 5.32 Å². The smallest absolute Gasteiger partial charge is 0.123 e. The van der Waals surface area contributed by atoms with Crippen LogP contribution in [0.4, 0.5) is 0 Å². The van der Waals surface area contributed by atoms with Crippen molar-refractivity contribution in [2.45, 2.75) is 17.9 Å². The Balaban J connectivity index is 2.43. The van der Waals surface area contributed by atoms with E-state index >= 15 is 0 Å². The summed E-state index contributed by atoms with van der Waals surface area (Å²) < 4.78 is 5.51. The fraction of sp³-hybridized carbons (Fsp3) is 0.294. The van der Waals surface area contributed by atoms with Crippen LogP contribution in [0.25, 0.3) is 0 Å². The first kappa shape index (κ1) is 14.9. The molecule has 0 aliphatic carbocycles. The first-order valence-electron chi connectivity index (χ1n) is 6.65. The molecule has 2 rings (SSSR count). The average Bonchev–Trinajstić information content (AvgIpc) is 2.49. The van der Waals surface area contributed by atoms with E-state index in [2.05, 4.69) is 54.9 Å². The SMILES string of the molecule is CNC(c1ccc(SC)cc1)c1cc(C)ccc1OC. The number of ether oxygens (including phenoxy) is 1. The molecule has 2 aromatic rings. The fourth-order valence-electron chi connectivity index (χ4n) is 2.38. The van der Waals surface area contributed by atoms with E-state index in [1.807, 2.05) is 13.1 Å². The van der Waals surface area contributed by atoms with Crippen molar-refractivity contribution in [3.8, 4) is 5.75 Å². The molecule has 1 N–H and O–H groups in total. The summed E-state index contributed by atoms with van der Waals surface area (Å²) in [7, 11) is 3.70. The summed E-state index contributed by atoms with van der Waals surface area (Å²) in [6.45, 7) is 2.10. The van der Waals surface area contributed by atoms with E-state index in [-0.39, 0.29) is 6.04 Å². The first-order chi connectivity index (χ1) is 9.69. The molecule has 0 bridgehead atoms. The van der Waals surface area contributed by atoms with E-state index in [1.54, 1.807) is 18.9 Å². The lowest BCUT2D eigenvalue weighted by Crippen LogP contribution is -2.18. The van der Waals surface area contributed by atoms with Gasteiger partial charge in [-0.25, -0.2) is 0 Å². The van der Waals surface area contributed by atoms with Gasteiger partial charge in [-0.05, 0) is 44.0 Å². The Morgan fingerprint density at radius 2 is 1.80 bits per heavy atom. The lowest BCUT2D eigenvalue weighted by molar-refractivity contribution is 0.405. The minimum Gasteiger partial charge on any atom is -0.496 e. The van der Waals surface area contributed by atoms with E-state index < -0.39 is 0 Å². The minimum atomic E-state index is 0.140. The number of rotatable bonds is 5. The zero-order valence-corrected chi connectivity index (χ0v) is 13.3. The van der Waals surface area contributed by atoms with Crippen LogP contribution < -0.4 is 10.1 Å². The summed E-state index contributed by atoms with van der Waals surface area (Å²) in [5, 5.41) is 3.39. The first-order valence-corrected chi connectivity index (χ1v) is 7.87. The molecule has 0 fully saturated rings. The Bertz CT molecular complexity index is 566. The molecule has 0 spiro atoms. The Labute approximate surface area is 125 Å². The van der Waals surface area contributed by atoms with Gasteiger partial charge in [-0.15, -0.1) is 11.8 Å². The molecule has 0 saturated heterocycles. The molecule has 0 amide bonds. The Morgan fingerprint density at radius 3 is 2.35 bits per heavy atom. The van der Waals surface area contributed by atoms with Crippen molar-refractivity contribution < 1.29 is 4.74 Å². The maximum absolute atomic E-state index is 5.51. The Hall–Kier alpha value is -1.45. The van der Waals surface area contributed by atoms with Gasteiger partial charge < -0.3 is 10.1 Å². The van der Waals surface area contributed by atoms with Crippen LogP contribution >= 0.6 is 11.8 Å². The second-order valence-electron chi connectivity index (χ2n) is 4.74. The third kappa shape index (κ3) is 3.17. The van der Waals surface area contributed by atoms with Crippen LogP contribution in [-0.2, 0) is 0 Å². The summed E-state index contributed by atoms with van der Waals surface area (Å²) >= 11 is 1.76. The molecule has 1 atom stereocenters. The second kappa shape index (κ2) is 6.82. The van der Waals surface area contributed by atoms with Crippen LogP contribution in [0.3, 0.4) is 0 Å². The molecule has 106 valence electrons. The van der Waals surface area contributed by atoms with Gasteiger partial charge in [0.1, 0.15) is 5.75 Å². The Kier molecular flexibility index (Phi) is 5.10. The number of methoxy groups -OCH3 is 1. The van der Waals surface area contributed by atoms with Gasteiger partial charge in [0.15, 0.2) is 0 Å². The molecule has 3 heteroatoms. The molecule has 0 heterocycles. The zero-order valence-electron chi connectivity index (χ0n) is 12.4. The van der Waals surface area contributed by atoms with E-state index in [1.165, 1.54) is 21.6 Å². The van der Waals surface area contributed by atoms with Crippen LogP contribution in [-0.4, -0.2) is 20.4 Å². The van der Waals surface area contributed by atoms with Gasteiger partial charge in [-0.2, -0.15) is 0 Å². The maximum Gasteiger partial charge on any atom is 0.123 e. The summed E-state index contributed by atoms with van der Waals surface area (Å²) in [4.78, 5) is 1.28.